The molecule has 0 spiro atoms. The Balaban J connectivity index is 3.02. The first-order chi connectivity index (χ1) is 8.47. The fourth-order valence-electron chi connectivity index (χ4n) is 1.50. The molecule has 1 rings (SSSR count). The Hall–Kier alpha value is -1.98. The Morgan fingerprint density at radius 3 is 2.72 bits per heavy atom. The monoisotopic (exact) mass is 254 g/mol. The summed E-state index contributed by atoms with van der Waals surface area (Å²) in [6, 6.07) is 0.968. The Morgan fingerprint density at radius 1 is 1.56 bits per heavy atom. The highest BCUT2D eigenvalue weighted by atomic mass is 19.1. The molecule has 0 aliphatic rings. The summed E-state index contributed by atoms with van der Waals surface area (Å²) < 4.78 is 13.4. The van der Waals surface area contributed by atoms with Gasteiger partial charge in [-0.3, -0.25) is 14.6 Å². The first-order valence-corrected chi connectivity index (χ1v) is 5.59. The Kier molecular flexibility index (Phi) is 4.76. The quantitative estimate of drug-likeness (QED) is 0.865. The third-order valence-electron chi connectivity index (χ3n) is 2.69. The topological polar surface area (TPSA) is 70.5 Å². The molecule has 1 N–H and O–H groups in total. The van der Waals surface area contributed by atoms with E-state index in [1.807, 2.05) is 6.92 Å². The second-order valence-corrected chi connectivity index (χ2v) is 3.94. The van der Waals surface area contributed by atoms with Crippen LogP contribution in [0.15, 0.2) is 18.5 Å². The van der Waals surface area contributed by atoms with Crippen molar-refractivity contribution < 1.29 is 19.1 Å². The standard InChI is InChI=1S/C12H15FN2O3/c1-3-8(2)15(7-11(16)17)12(18)9-4-5-14-6-10(9)13/h4-6,8H,3,7H2,1-2H3,(H,16,17). The molecule has 0 fully saturated rings. The lowest BCUT2D eigenvalue weighted by atomic mass is 10.1. The summed E-state index contributed by atoms with van der Waals surface area (Å²) in [6.45, 7) is 3.10. The number of aliphatic carboxylic acids is 1. The maximum Gasteiger partial charge on any atom is 0.323 e. The number of carboxylic acid groups (broad SMARTS) is 1. The van der Waals surface area contributed by atoms with E-state index in [-0.39, 0.29) is 11.6 Å². The summed E-state index contributed by atoms with van der Waals surface area (Å²) in [5.41, 5.74) is -0.161. The summed E-state index contributed by atoms with van der Waals surface area (Å²) in [5.74, 6) is -2.51. The smallest absolute Gasteiger partial charge is 0.323 e. The molecule has 0 bridgehead atoms. The molecule has 0 radical (unpaired) electrons. The lowest BCUT2D eigenvalue weighted by molar-refractivity contribution is -0.138. The molecule has 0 aliphatic heterocycles. The summed E-state index contributed by atoms with van der Waals surface area (Å²) >= 11 is 0. The van der Waals surface area contributed by atoms with Gasteiger partial charge in [0.1, 0.15) is 6.54 Å². The second-order valence-electron chi connectivity index (χ2n) is 3.94. The normalized spacial score (nSPS) is 11.9. The fraction of sp³-hybridized carbons (Fsp3) is 0.417. The molecule has 18 heavy (non-hydrogen) atoms. The van der Waals surface area contributed by atoms with E-state index < -0.39 is 24.2 Å². The van der Waals surface area contributed by atoms with Crippen molar-refractivity contribution in [2.24, 2.45) is 0 Å². The van der Waals surface area contributed by atoms with Crippen molar-refractivity contribution in [1.82, 2.24) is 9.88 Å². The average Bonchev–Trinajstić information content (AvgIpc) is 2.34. The largest absolute Gasteiger partial charge is 0.480 e. The number of aromatic nitrogens is 1. The molecule has 0 aliphatic carbocycles. The zero-order valence-corrected chi connectivity index (χ0v) is 10.3. The lowest BCUT2D eigenvalue weighted by Gasteiger charge is -2.27. The molecule has 0 saturated carbocycles. The number of halogens is 1. The van der Waals surface area contributed by atoms with Gasteiger partial charge in [-0.2, -0.15) is 0 Å². The Morgan fingerprint density at radius 2 is 2.22 bits per heavy atom. The molecule has 0 aromatic carbocycles. The summed E-state index contributed by atoms with van der Waals surface area (Å²) in [4.78, 5) is 27.5. The average molecular weight is 254 g/mol. The number of hydrogen-bond donors (Lipinski definition) is 1. The van der Waals surface area contributed by atoms with Crippen LogP contribution in [0.3, 0.4) is 0 Å². The molecule has 1 amide bonds. The minimum absolute atomic E-state index is 0.161. The maximum absolute atomic E-state index is 13.4. The van der Waals surface area contributed by atoms with Gasteiger partial charge in [0.05, 0.1) is 11.8 Å². The molecule has 6 heteroatoms. The van der Waals surface area contributed by atoms with Gasteiger partial charge in [0.25, 0.3) is 5.91 Å². The van der Waals surface area contributed by atoms with E-state index in [4.69, 9.17) is 5.11 Å². The highest BCUT2D eigenvalue weighted by molar-refractivity contribution is 5.96. The summed E-state index contributed by atoms with van der Waals surface area (Å²) in [5, 5.41) is 8.79. The second kappa shape index (κ2) is 6.09. The van der Waals surface area contributed by atoms with Crippen molar-refractivity contribution in [1.29, 1.82) is 0 Å². The third-order valence-corrected chi connectivity index (χ3v) is 2.69. The van der Waals surface area contributed by atoms with E-state index in [2.05, 4.69) is 4.98 Å². The van der Waals surface area contributed by atoms with Crippen molar-refractivity contribution in [3.05, 3.63) is 29.8 Å². The van der Waals surface area contributed by atoms with Gasteiger partial charge in [0, 0.05) is 12.2 Å². The number of nitrogens with zero attached hydrogens (tertiary/aromatic N) is 2. The number of pyridine rings is 1. The van der Waals surface area contributed by atoms with Gasteiger partial charge in [0.15, 0.2) is 5.82 Å². The molecule has 1 heterocycles. The van der Waals surface area contributed by atoms with Crippen LogP contribution in [0.25, 0.3) is 0 Å². The minimum atomic E-state index is -1.13. The van der Waals surface area contributed by atoms with Crippen LogP contribution in [0.2, 0.25) is 0 Å². The lowest BCUT2D eigenvalue weighted by Crippen LogP contribution is -2.42. The molecule has 98 valence electrons. The first-order valence-electron chi connectivity index (χ1n) is 5.59. The number of hydrogen-bond acceptors (Lipinski definition) is 3. The van der Waals surface area contributed by atoms with Crippen LogP contribution in [0.5, 0.6) is 0 Å². The first kappa shape index (κ1) is 14.1. The maximum atomic E-state index is 13.4. The molecule has 5 nitrogen and oxygen atoms in total. The van der Waals surface area contributed by atoms with Crippen LogP contribution in [-0.2, 0) is 4.79 Å². The number of rotatable bonds is 5. The SMILES string of the molecule is CCC(C)N(CC(=O)O)C(=O)c1ccncc1F. The van der Waals surface area contributed by atoms with Crippen LogP contribution in [0.1, 0.15) is 30.6 Å². The number of carboxylic acids is 1. The van der Waals surface area contributed by atoms with Crippen molar-refractivity contribution in [3.63, 3.8) is 0 Å². The molecular formula is C12H15FN2O3. The van der Waals surface area contributed by atoms with Crippen molar-refractivity contribution in [3.8, 4) is 0 Å². The van der Waals surface area contributed by atoms with Crippen LogP contribution in [-0.4, -0.2) is 39.5 Å². The molecule has 1 aromatic heterocycles. The van der Waals surface area contributed by atoms with Gasteiger partial charge in [-0.15, -0.1) is 0 Å². The zero-order chi connectivity index (χ0) is 13.7. The number of amides is 1. The van der Waals surface area contributed by atoms with Gasteiger partial charge in [-0.1, -0.05) is 6.92 Å². The van der Waals surface area contributed by atoms with Crippen LogP contribution >= 0.6 is 0 Å². The minimum Gasteiger partial charge on any atom is -0.480 e. The summed E-state index contributed by atoms with van der Waals surface area (Å²) in [7, 11) is 0. The summed E-state index contributed by atoms with van der Waals surface area (Å²) in [6.07, 6.45) is 2.82. The third kappa shape index (κ3) is 3.26. The van der Waals surface area contributed by atoms with E-state index in [0.29, 0.717) is 6.42 Å². The predicted octanol–water partition coefficient (Wildman–Crippen LogP) is 1.55. The fourth-order valence-corrected chi connectivity index (χ4v) is 1.50. The molecule has 0 saturated heterocycles. The predicted molar refractivity (Wildman–Crippen MR) is 62.6 cm³/mol. The van der Waals surface area contributed by atoms with Gasteiger partial charge in [0.2, 0.25) is 0 Å². The van der Waals surface area contributed by atoms with E-state index in [9.17, 15) is 14.0 Å². The van der Waals surface area contributed by atoms with Gasteiger partial charge >= 0.3 is 5.97 Å². The van der Waals surface area contributed by atoms with Gasteiger partial charge in [-0.25, -0.2) is 4.39 Å². The molecule has 1 unspecified atom stereocenters. The van der Waals surface area contributed by atoms with E-state index in [1.54, 1.807) is 6.92 Å². The van der Waals surface area contributed by atoms with Crippen molar-refractivity contribution in [2.75, 3.05) is 6.54 Å². The zero-order valence-electron chi connectivity index (χ0n) is 10.3. The van der Waals surface area contributed by atoms with Crippen LogP contribution in [0.4, 0.5) is 4.39 Å². The highest BCUT2D eigenvalue weighted by Gasteiger charge is 2.24. The molecule has 1 aromatic rings. The van der Waals surface area contributed by atoms with Gasteiger partial charge < -0.3 is 10.0 Å². The van der Waals surface area contributed by atoms with E-state index in [0.717, 1.165) is 11.1 Å². The number of carbonyl (C=O) groups is 2. The Labute approximate surface area is 104 Å². The number of carbonyl (C=O) groups excluding carboxylic acids is 1. The van der Waals surface area contributed by atoms with Crippen molar-refractivity contribution >= 4 is 11.9 Å². The van der Waals surface area contributed by atoms with E-state index >= 15 is 0 Å². The van der Waals surface area contributed by atoms with Crippen LogP contribution < -0.4 is 0 Å². The van der Waals surface area contributed by atoms with Crippen LogP contribution in [0, 0.1) is 5.82 Å². The van der Waals surface area contributed by atoms with Crippen molar-refractivity contribution in [2.45, 2.75) is 26.3 Å². The van der Waals surface area contributed by atoms with Gasteiger partial charge in [-0.05, 0) is 19.4 Å². The highest BCUT2D eigenvalue weighted by Crippen LogP contribution is 2.12. The Bertz CT molecular complexity index is 451. The molecule has 1 atom stereocenters. The van der Waals surface area contributed by atoms with E-state index in [1.165, 1.54) is 12.3 Å². The molecular weight excluding hydrogens is 239 g/mol.